The normalized spacial score (nSPS) is 18.6. The molecule has 38 heavy (non-hydrogen) atoms. The van der Waals surface area contributed by atoms with Crippen LogP contribution < -0.4 is 16.4 Å². The Morgan fingerprint density at radius 1 is 1.11 bits per heavy atom. The fourth-order valence-corrected chi connectivity index (χ4v) is 5.28. The monoisotopic (exact) mass is 536 g/mol. The Morgan fingerprint density at radius 3 is 2.58 bits per heavy atom. The van der Waals surface area contributed by atoms with Gasteiger partial charge in [-0.25, -0.2) is 0 Å². The smallest absolute Gasteiger partial charge is 0.254 e. The van der Waals surface area contributed by atoms with Crippen LogP contribution in [0.4, 0.5) is 0 Å². The average molecular weight is 537 g/mol. The first-order valence-corrected chi connectivity index (χ1v) is 13.3. The summed E-state index contributed by atoms with van der Waals surface area (Å²) in [7, 11) is 0. The first-order chi connectivity index (χ1) is 18.2. The van der Waals surface area contributed by atoms with Crippen molar-refractivity contribution >= 4 is 29.1 Å². The number of nitrogens with zero attached hydrogens (tertiary/aromatic N) is 1. The number of hydrogen-bond donors (Lipinski definition) is 5. The standard InChI is InChI=1S/C28H32N4O5S/c1-17-21(10-5-11-24(17)33)26(35)31-22(13-18-7-3-2-4-8-18)25(34)28(37)32-16-19(29)14-23(32)27(36)30-15-20-9-6-12-38-20/h2-12,19,22-23,25,33-34H,13-16,29H2,1H3,(H,30,36)(H,31,35). The molecule has 1 saturated heterocycles. The van der Waals surface area contributed by atoms with Gasteiger partial charge in [0.25, 0.3) is 11.8 Å². The topological polar surface area (TPSA) is 145 Å². The molecule has 0 saturated carbocycles. The number of aliphatic hydroxyl groups is 1. The number of carbonyl (C=O) groups excluding carboxylic acids is 3. The maximum absolute atomic E-state index is 13.6. The highest BCUT2D eigenvalue weighted by atomic mass is 32.1. The Kier molecular flexibility index (Phi) is 8.77. The van der Waals surface area contributed by atoms with Gasteiger partial charge < -0.3 is 31.5 Å². The molecule has 2 heterocycles. The van der Waals surface area contributed by atoms with Crippen molar-refractivity contribution in [2.24, 2.45) is 5.73 Å². The lowest BCUT2D eigenvalue weighted by Crippen LogP contribution is -2.55. The number of thiophene rings is 1. The summed E-state index contributed by atoms with van der Waals surface area (Å²) in [6.45, 7) is 2.07. The molecule has 0 spiro atoms. The van der Waals surface area contributed by atoms with Crippen molar-refractivity contribution in [1.82, 2.24) is 15.5 Å². The van der Waals surface area contributed by atoms with Crippen molar-refractivity contribution in [3.8, 4) is 5.75 Å². The van der Waals surface area contributed by atoms with Crippen LogP contribution >= 0.6 is 11.3 Å². The highest BCUT2D eigenvalue weighted by molar-refractivity contribution is 7.09. The second-order valence-corrected chi connectivity index (χ2v) is 10.5. The van der Waals surface area contributed by atoms with Crippen molar-refractivity contribution in [2.45, 2.75) is 50.5 Å². The van der Waals surface area contributed by atoms with Crippen LogP contribution in [0.25, 0.3) is 0 Å². The highest BCUT2D eigenvalue weighted by Crippen LogP contribution is 2.22. The Bertz CT molecular complexity index is 1270. The van der Waals surface area contributed by atoms with E-state index < -0.39 is 36.0 Å². The summed E-state index contributed by atoms with van der Waals surface area (Å²) >= 11 is 1.51. The molecule has 200 valence electrons. The van der Waals surface area contributed by atoms with Crippen LogP contribution in [0.2, 0.25) is 0 Å². The lowest BCUT2D eigenvalue weighted by molar-refractivity contribution is -0.146. The fraction of sp³-hybridized carbons (Fsp3) is 0.321. The minimum Gasteiger partial charge on any atom is -0.508 e. The van der Waals surface area contributed by atoms with Crippen LogP contribution in [0.15, 0.2) is 66.0 Å². The molecule has 4 rings (SSSR count). The molecule has 1 aliphatic rings. The Hall–Kier alpha value is -3.73. The fourth-order valence-electron chi connectivity index (χ4n) is 4.63. The van der Waals surface area contributed by atoms with E-state index in [0.29, 0.717) is 12.1 Å². The van der Waals surface area contributed by atoms with Gasteiger partial charge in [0.05, 0.1) is 12.6 Å². The van der Waals surface area contributed by atoms with Crippen LogP contribution in [0.5, 0.6) is 5.75 Å². The zero-order valence-electron chi connectivity index (χ0n) is 21.0. The summed E-state index contributed by atoms with van der Waals surface area (Å²) in [4.78, 5) is 42.0. The quantitative estimate of drug-likeness (QED) is 0.282. The Labute approximate surface area is 225 Å². The molecule has 9 nitrogen and oxygen atoms in total. The lowest BCUT2D eigenvalue weighted by Gasteiger charge is -2.30. The zero-order chi connectivity index (χ0) is 27.2. The summed E-state index contributed by atoms with van der Waals surface area (Å²) in [5.41, 5.74) is 7.55. The van der Waals surface area contributed by atoms with Crippen molar-refractivity contribution in [3.63, 3.8) is 0 Å². The summed E-state index contributed by atoms with van der Waals surface area (Å²) in [5.74, 6) is -1.58. The molecular formula is C28H32N4O5S. The molecule has 6 N–H and O–H groups in total. The number of nitrogens with one attached hydrogen (secondary N) is 2. The van der Waals surface area contributed by atoms with E-state index in [-0.39, 0.29) is 36.6 Å². The number of amides is 3. The van der Waals surface area contributed by atoms with Crippen LogP contribution in [0, 0.1) is 6.92 Å². The predicted molar refractivity (Wildman–Crippen MR) is 145 cm³/mol. The maximum atomic E-state index is 13.6. The molecule has 2 aromatic carbocycles. The van der Waals surface area contributed by atoms with Crippen LogP contribution in [0.1, 0.15) is 32.8 Å². The molecule has 0 radical (unpaired) electrons. The van der Waals surface area contributed by atoms with Crippen LogP contribution in [0.3, 0.4) is 0 Å². The predicted octanol–water partition coefficient (Wildman–Crippen LogP) is 1.71. The number of likely N-dealkylation sites (tertiary alicyclic amines) is 1. The van der Waals surface area contributed by atoms with Crippen LogP contribution in [-0.4, -0.2) is 63.6 Å². The van der Waals surface area contributed by atoms with E-state index in [0.717, 1.165) is 10.4 Å². The molecule has 1 aromatic heterocycles. The van der Waals surface area contributed by atoms with E-state index in [1.807, 2.05) is 47.8 Å². The molecule has 4 unspecified atom stereocenters. The van der Waals surface area contributed by atoms with Gasteiger partial charge in [0.2, 0.25) is 5.91 Å². The average Bonchev–Trinajstić information content (AvgIpc) is 3.58. The lowest BCUT2D eigenvalue weighted by atomic mass is 9.98. The molecule has 3 amide bonds. The number of benzene rings is 2. The number of phenolic OH excluding ortho intramolecular Hbond substituents is 1. The van der Waals surface area contributed by atoms with Crippen molar-refractivity contribution in [3.05, 3.63) is 87.6 Å². The summed E-state index contributed by atoms with van der Waals surface area (Å²) < 4.78 is 0. The van der Waals surface area contributed by atoms with Gasteiger partial charge in [0.1, 0.15) is 11.8 Å². The Morgan fingerprint density at radius 2 is 1.87 bits per heavy atom. The van der Waals surface area contributed by atoms with Gasteiger partial charge in [0.15, 0.2) is 6.10 Å². The number of phenols is 1. The molecule has 3 aromatic rings. The number of aliphatic hydroxyl groups excluding tert-OH is 1. The van der Waals surface area contributed by atoms with Gasteiger partial charge in [-0.05, 0) is 48.9 Å². The highest BCUT2D eigenvalue weighted by Gasteiger charge is 2.42. The van der Waals surface area contributed by atoms with Gasteiger partial charge in [-0.2, -0.15) is 0 Å². The molecule has 1 fully saturated rings. The SMILES string of the molecule is Cc1c(O)cccc1C(=O)NC(Cc1ccccc1)C(O)C(=O)N1CC(N)CC1C(=O)NCc1cccs1. The van der Waals surface area contributed by atoms with E-state index in [4.69, 9.17) is 5.73 Å². The number of aromatic hydroxyl groups is 1. The van der Waals surface area contributed by atoms with Gasteiger partial charge in [-0.15, -0.1) is 11.3 Å². The second kappa shape index (κ2) is 12.2. The first kappa shape index (κ1) is 27.3. The van der Waals surface area contributed by atoms with Gasteiger partial charge >= 0.3 is 0 Å². The number of nitrogens with two attached hydrogens (primary N) is 1. The maximum Gasteiger partial charge on any atom is 0.254 e. The van der Waals surface area contributed by atoms with Gasteiger partial charge in [-0.1, -0.05) is 42.5 Å². The third-order valence-corrected chi connectivity index (χ3v) is 7.61. The number of rotatable bonds is 9. The number of hydrogen-bond acceptors (Lipinski definition) is 7. The van der Waals surface area contributed by atoms with Crippen molar-refractivity contribution in [1.29, 1.82) is 0 Å². The summed E-state index contributed by atoms with van der Waals surface area (Å²) in [6, 6.07) is 15.3. The molecular weight excluding hydrogens is 504 g/mol. The second-order valence-electron chi connectivity index (χ2n) is 9.46. The van der Waals surface area contributed by atoms with E-state index in [1.165, 1.54) is 22.3 Å². The Balaban J connectivity index is 1.53. The molecule has 10 heteroatoms. The summed E-state index contributed by atoms with van der Waals surface area (Å²) in [5, 5.41) is 28.8. The molecule has 0 aliphatic carbocycles. The minimum absolute atomic E-state index is 0.0312. The van der Waals surface area contributed by atoms with Gasteiger partial charge in [0, 0.05) is 28.6 Å². The molecule has 4 atom stereocenters. The minimum atomic E-state index is -1.63. The molecule has 0 bridgehead atoms. The third-order valence-electron chi connectivity index (χ3n) is 6.74. The van der Waals surface area contributed by atoms with E-state index >= 15 is 0 Å². The van der Waals surface area contributed by atoms with Gasteiger partial charge in [-0.3, -0.25) is 14.4 Å². The number of carbonyl (C=O) groups is 3. The van der Waals surface area contributed by atoms with Crippen molar-refractivity contribution in [2.75, 3.05) is 6.54 Å². The van der Waals surface area contributed by atoms with Crippen molar-refractivity contribution < 1.29 is 24.6 Å². The van der Waals surface area contributed by atoms with Crippen LogP contribution in [-0.2, 0) is 22.6 Å². The largest absolute Gasteiger partial charge is 0.508 e. The van der Waals surface area contributed by atoms with E-state index in [2.05, 4.69) is 10.6 Å². The van der Waals surface area contributed by atoms with E-state index in [1.54, 1.807) is 19.1 Å². The zero-order valence-corrected chi connectivity index (χ0v) is 21.9. The summed E-state index contributed by atoms with van der Waals surface area (Å²) in [6.07, 6.45) is -1.19. The third kappa shape index (κ3) is 6.39. The molecule has 1 aliphatic heterocycles. The first-order valence-electron chi connectivity index (χ1n) is 12.4. The van der Waals surface area contributed by atoms with E-state index in [9.17, 15) is 24.6 Å².